The van der Waals surface area contributed by atoms with Gasteiger partial charge < -0.3 is 19.1 Å². The minimum atomic E-state index is -0.282. The first kappa shape index (κ1) is 16.3. The van der Waals surface area contributed by atoms with Gasteiger partial charge in [-0.15, -0.1) is 0 Å². The average Bonchev–Trinajstić information content (AvgIpc) is 3.03. The Morgan fingerprint density at radius 3 is 2.46 bits per heavy atom. The summed E-state index contributed by atoms with van der Waals surface area (Å²) in [6, 6.07) is 15.1. The fourth-order valence-electron chi connectivity index (χ4n) is 2.92. The van der Waals surface area contributed by atoms with Crippen molar-refractivity contribution in [2.45, 2.75) is 19.3 Å². The Morgan fingerprint density at radius 1 is 1.08 bits per heavy atom. The molecule has 0 saturated carbocycles. The number of nitrogens with zero attached hydrogens (tertiary/aromatic N) is 1. The summed E-state index contributed by atoms with van der Waals surface area (Å²) < 4.78 is 16.5. The van der Waals surface area contributed by atoms with Gasteiger partial charge in [0.25, 0.3) is 5.91 Å². The summed E-state index contributed by atoms with van der Waals surface area (Å²) in [4.78, 5) is 14.6. The van der Waals surface area contributed by atoms with Crippen LogP contribution in [0, 0.1) is 0 Å². The van der Waals surface area contributed by atoms with Gasteiger partial charge in [0.05, 0.1) is 20.8 Å². The molecule has 0 N–H and O–H groups in total. The molecule has 24 heavy (non-hydrogen) atoms. The van der Waals surface area contributed by atoms with Gasteiger partial charge in [0.15, 0.2) is 11.5 Å². The zero-order chi connectivity index (χ0) is 17.1. The molecule has 126 valence electrons. The summed E-state index contributed by atoms with van der Waals surface area (Å²) >= 11 is 0. The molecule has 1 saturated heterocycles. The van der Waals surface area contributed by atoms with Crippen molar-refractivity contribution in [1.82, 2.24) is 4.90 Å². The fraction of sp³-hybridized carbons (Fsp3) is 0.316. The summed E-state index contributed by atoms with van der Waals surface area (Å²) in [5.74, 6) is 1.06. The van der Waals surface area contributed by atoms with Crippen LogP contribution in [0.15, 0.2) is 48.5 Å². The Labute approximate surface area is 141 Å². The van der Waals surface area contributed by atoms with Gasteiger partial charge in [-0.3, -0.25) is 4.79 Å². The van der Waals surface area contributed by atoms with E-state index in [1.165, 1.54) is 0 Å². The molecule has 3 rings (SSSR count). The topological polar surface area (TPSA) is 48.0 Å². The molecule has 1 aliphatic heterocycles. The van der Waals surface area contributed by atoms with Gasteiger partial charge in [0.2, 0.25) is 0 Å². The van der Waals surface area contributed by atoms with E-state index in [-0.39, 0.29) is 18.2 Å². The smallest absolute Gasteiger partial charge is 0.256 e. The quantitative estimate of drug-likeness (QED) is 0.865. The van der Waals surface area contributed by atoms with Crippen molar-refractivity contribution in [1.29, 1.82) is 0 Å². The number of hydrogen-bond donors (Lipinski definition) is 0. The number of carbonyl (C=O) groups excluding carboxylic acids is 1. The van der Waals surface area contributed by atoms with Crippen molar-refractivity contribution in [3.63, 3.8) is 0 Å². The van der Waals surface area contributed by atoms with Crippen LogP contribution in [0.3, 0.4) is 0 Å². The van der Waals surface area contributed by atoms with Gasteiger partial charge in [-0.25, -0.2) is 0 Å². The van der Waals surface area contributed by atoms with Crippen molar-refractivity contribution in [2.75, 3.05) is 20.8 Å². The van der Waals surface area contributed by atoms with Crippen LogP contribution < -0.4 is 9.47 Å². The predicted molar refractivity (Wildman–Crippen MR) is 90.3 cm³/mol. The Balaban J connectivity index is 1.80. The number of rotatable bonds is 4. The van der Waals surface area contributed by atoms with Crippen LogP contribution in [0.5, 0.6) is 11.5 Å². The molecule has 0 radical (unpaired) electrons. The standard InChI is InChI=1S/C19H21NO4/c1-13-20(12-18(24-13)14-7-5-4-6-8-14)19(21)15-9-10-16(22-2)17(11-15)23-3/h4-11,13,18H,12H2,1-3H3. The largest absolute Gasteiger partial charge is 0.493 e. The van der Waals surface area contributed by atoms with E-state index < -0.39 is 0 Å². The lowest BCUT2D eigenvalue weighted by Crippen LogP contribution is -2.34. The van der Waals surface area contributed by atoms with Crippen LogP contribution in [-0.2, 0) is 4.74 Å². The van der Waals surface area contributed by atoms with Gasteiger partial charge in [-0.2, -0.15) is 0 Å². The van der Waals surface area contributed by atoms with Gasteiger partial charge in [0, 0.05) is 5.56 Å². The highest BCUT2D eigenvalue weighted by Gasteiger charge is 2.34. The molecule has 0 spiro atoms. The van der Waals surface area contributed by atoms with E-state index in [9.17, 15) is 4.79 Å². The van der Waals surface area contributed by atoms with Crippen molar-refractivity contribution in [3.8, 4) is 11.5 Å². The van der Waals surface area contributed by atoms with Crippen molar-refractivity contribution >= 4 is 5.91 Å². The molecule has 1 heterocycles. The Kier molecular flexibility index (Phi) is 4.71. The maximum Gasteiger partial charge on any atom is 0.256 e. The number of ether oxygens (including phenoxy) is 3. The van der Waals surface area contributed by atoms with Crippen LogP contribution >= 0.6 is 0 Å². The molecule has 5 nitrogen and oxygen atoms in total. The fourth-order valence-corrected chi connectivity index (χ4v) is 2.92. The second-order valence-electron chi connectivity index (χ2n) is 5.66. The highest BCUT2D eigenvalue weighted by atomic mass is 16.5. The Hall–Kier alpha value is -2.53. The molecule has 0 aliphatic carbocycles. The predicted octanol–water partition coefficient (Wildman–Crippen LogP) is 3.26. The molecule has 2 aromatic carbocycles. The molecular formula is C19H21NO4. The summed E-state index contributed by atoms with van der Waals surface area (Å²) in [6.45, 7) is 2.42. The molecule has 5 heteroatoms. The van der Waals surface area contributed by atoms with E-state index in [4.69, 9.17) is 14.2 Å². The molecule has 2 aromatic rings. The zero-order valence-corrected chi connectivity index (χ0v) is 14.1. The number of amides is 1. The highest BCUT2D eigenvalue weighted by molar-refractivity contribution is 5.95. The monoisotopic (exact) mass is 327 g/mol. The second-order valence-corrected chi connectivity index (χ2v) is 5.66. The van der Waals surface area contributed by atoms with Crippen LogP contribution in [-0.4, -0.2) is 37.8 Å². The van der Waals surface area contributed by atoms with Gasteiger partial charge in [0.1, 0.15) is 12.3 Å². The number of carbonyl (C=O) groups is 1. The Bertz CT molecular complexity index is 717. The van der Waals surface area contributed by atoms with Gasteiger partial charge in [-0.05, 0) is 30.7 Å². The number of benzene rings is 2. The third-order valence-electron chi connectivity index (χ3n) is 4.23. The van der Waals surface area contributed by atoms with Crippen molar-refractivity contribution < 1.29 is 19.0 Å². The van der Waals surface area contributed by atoms with E-state index in [0.29, 0.717) is 23.6 Å². The van der Waals surface area contributed by atoms with Gasteiger partial charge in [-0.1, -0.05) is 30.3 Å². The Morgan fingerprint density at radius 2 is 1.79 bits per heavy atom. The maximum absolute atomic E-state index is 12.9. The lowest BCUT2D eigenvalue weighted by Gasteiger charge is -2.20. The molecule has 2 atom stereocenters. The van der Waals surface area contributed by atoms with E-state index in [1.54, 1.807) is 37.3 Å². The summed E-state index contributed by atoms with van der Waals surface area (Å²) in [7, 11) is 3.12. The third-order valence-corrected chi connectivity index (χ3v) is 4.23. The molecule has 1 aliphatic rings. The molecular weight excluding hydrogens is 306 g/mol. The molecule has 1 amide bonds. The van der Waals surface area contributed by atoms with E-state index in [0.717, 1.165) is 5.56 Å². The highest BCUT2D eigenvalue weighted by Crippen LogP contribution is 2.32. The van der Waals surface area contributed by atoms with Gasteiger partial charge >= 0.3 is 0 Å². The lowest BCUT2D eigenvalue weighted by atomic mass is 10.1. The average molecular weight is 327 g/mol. The minimum Gasteiger partial charge on any atom is -0.493 e. The summed E-state index contributed by atoms with van der Waals surface area (Å²) in [5.41, 5.74) is 1.63. The van der Waals surface area contributed by atoms with E-state index >= 15 is 0 Å². The molecule has 1 fully saturated rings. The maximum atomic E-state index is 12.9. The summed E-state index contributed by atoms with van der Waals surface area (Å²) in [5, 5.41) is 0. The lowest BCUT2D eigenvalue weighted by molar-refractivity contribution is 0.0137. The van der Waals surface area contributed by atoms with Crippen LogP contribution in [0.1, 0.15) is 28.9 Å². The SMILES string of the molecule is COc1ccc(C(=O)N2CC(c3ccccc3)OC2C)cc1OC. The second kappa shape index (κ2) is 6.93. The third kappa shape index (κ3) is 3.08. The first-order valence-corrected chi connectivity index (χ1v) is 7.87. The number of methoxy groups -OCH3 is 2. The van der Waals surface area contributed by atoms with Crippen LogP contribution in [0.2, 0.25) is 0 Å². The first-order chi connectivity index (χ1) is 11.6. The summed E-state index contributed by atoms with van der Waals surface area (Å²) in [6.07, 6.45) is -0.388. The van der Waals surface area contributed by atoms with Crippen LogP contribution in [0.25, 0.3) is 0 Å². The van der Waals surface area contributed by atoms with Crippen LogP contribution in [0.4, 0.5) is 0 Å². The zero-order valence-electron chi connectivity index (χ0n) is 14.1. The van der Waals surface area contributed by atoms with E-state index in [1.807, 2.05) is 37.3 Å². The minimum absolute atomic E-state index is 0.0816. The normalized spacial score (nSPS) is 20.0. The molecule has 0 bridgehead atoms. The van der Waals surface area contributed by atoms with E-state index in [2.05, 4.69) is 0 Å². The van der Waals surface area contributed by atoms with Crippen molar-refractivity contribution in [2.24, 2.45) is 0 Å². The molecule has 0 aromatic heterocycles. The first-order valence-electron chi connectivity index (χ1n) is 7.87. The molecule has 2 unspecified atom stereocenters. The van der Waals surface area contributed by atoms with Crippen molar-refractivity contribution in [3.05, 3.63) is 59.7 Å². The number of hydrogen-bond acceptors (Lipinski definition) is 4.